The molecule has 0 aromatic rings. The minimum Gasteiger partial charge on any atom is -0.355 e. The highest BCUT2D eigenvalue weighted by atomic mass is 14.8. The molecule has 0 spiro atoms. The molecule has 0 amide bonds. The van der Waals surface area contributed by atoms with E-state index >= 15 is 0 Å². The summed E-state index contributed by atoms with van der Waals surface area (Å²) in [5.74, 6) is 0. The van der Waals surface area contributed by atoms with Crippen molar-refractivity contribution in [2.45, 2.75) is 13.3 Å². The van der Waals surface area contributed by atoms with Gasteiger partial charge in [-0.2, -0.15) is 0 Å². The van der Waals surface area contributed by atoms with Crippen molar-refractivity contribution in [1.29, 1.82) is 0 Å². The summed E-state index contributed by atoms with van der Waals surface area (Å²) in [7, 11) is 0. The minimum atomic E-state index is 0.956. The summed E-state index contributed by atoms with van der Waals surface area (Å²) in [5.41, 5.74) is 6.76. The predicted octanol–water partition coefficient (Wildman–Crippen LogP) is 2.26. The molecule has 0 unspecified atom stereocenters. The lowest BCUT2D eigenvalue weighted by Gasteiger charge is -1.96. The highest BCUT2D eigenvalue weighted by Gasteiger charge is 1.84. The molecule has 0 atom stereocenters. The van der Waals surface area contributed by atoms with Gasteiger partial charge >= 0.3 is 0 Å². The summed E-state index contributed by atoms with van der Waals surface area (Å²) in [6.45, 7) is 2.10. The van der Waals surface area contributed by atoms with Gasteiger partial charge in [-0.1, -0.05) is 24.8 Å². The molecule has 11 heavy (non-hydrogen) atoms. The van der Waals surface area contributed by atoms with E-state index in [9.17, 15) is 0 Å². The zero-order chi connectivity index (χ0) is 7.94. The van der Waals surface area contributed by atoms with Gasteiger partial charge in [-0.25, -0.2) is 0 Å². The van der Waals surface area contributed by atoms with Crippen molar-refractivity contribution in [3.8, 4) is 0 Å². The molecule has 0 saturated carbocycles. The summed E-state index contributed by atoms with van der Waals surface area (Å²) in [6, 6.07) is 0. The fraction of sp³-hybridized carbons (Fsp3) is 0.200. The predicted molar refractivity (Wildman–Crippen MR) is 46.8 cm³/mol. The normalized spacial score (nSPS) is 14.1. The summed E-state index contributed by atoms with van der Waals surface area (Å²) in [5, 5.41) is 3.08. The maximum absolute atomic E-state index is 3.08. The molecule has 1 aliphatic carbocycles. The van der Waals surface area contributed by atoms with Gasteiger partial charge < -0.3 is 5.32 Å². The maximum Gasteiger partial charge on any atom is 0.0896 e. The van der Waals surface area contributed by atoms with E-state index in [1.165, 1.54) is 0 Å². The van der Waals surface area contributed by atoms with E-state index in [2.05, 4.69) is 29.8 Å². The van der Waals surface area contributed by atoms with Crippen LogP contribution < -0.4 is 5.32 Å². The van der Waals surface area contributed by atoms with Crippen molar-refractivity contribution in [2.75, 3.05) is 0 Å². The van der Waals surface area contributed by atoms with Gasteiger partial charge in [0.1, 0.15) is 0 Å². The van der Waals surface area contributed by atoms with Crippen molar-refractivity contribution in [3.63, 3.8) is 0 Å². The highest BCUT2D eigenvalue weighted by molar-refractivity contribution is 5.25. The Morgan fingerprint density at radius 3 is 3.18 bits per heavy atom. The van der Waals surface area contributed by atoms with E-state index in [1.54, 1.807) is 0 Å². The Bertz CT molecular complexity index is 269. The second-order valence-electron chi connectivity index (χ2n) is 2.16. The van der Waals surface area contributed by atoms with Crippen molar-refractivity contribution in [2.24, 2.45) is 0 Å². The van der Waals surface area contributed by atoms with Gasteiger partial charge in [0.25, 0.3) is 0 Å². The molecule has 0 bridgehead atoms. The Kier molecular flexibility index (Phi) is 3.08. The fourth-order valence-electron chi connectivity index (χ4n) is 0.704. The number of rotatable bonds is 3. The van der Waals surface area contributed by atoms with Gasteiger partial charge in [0, 0.05) is 0 Å². The minimum absolute atomic E-state index is 0.956. The lowest BCUT2D eigenvalue weighted by Crippen LogP contribution is -2.00. The van der Waals surface area contributed by atoms with Crippen LogP contribution in [0.5, 0.6) is 0 Å². The van der Waals surface area contributed by atoms with Crippen LogP contribution in [0.2, 0.25) is 0 Å². The van der Waals surface area contributed by atoms with Gasteiger partial charge in [0.15, 0.2) is 0 Å². The van der Waals surface area contributed by atoms with E-state index in [0.29, 0.717) is 0 Å². The molecule has 56 valence electrons. The molecule has 0 aromatic carbocycles. The van der Waals surface area contributed by atoms with Crippen LogP contribution in [0.1, 0.15) is 13.3 Å². The molecule has 1 rings (SSSR count). The Hall–Kier alpha value is -1.42. The molecule has 1 nitrogen and oxygen atoms in total. The fourth-order valence-corrected chi connectivity index (χ4v) is 0.704. The van der Waals surface area contributed by atoms with E-state index in [4.69, 9.17) is 0 Å². The first-order valence-electron chi connectivity index (χ1n) is 3.73. The zero-order valence-corrected chi connectivity index (χ0v) is 6.59. The topological polar surface area (TPSA) is 12.0 Å². The van der Waals surface area contributed by atoms with Crippen LogP contribution in [0.15, 0.2) is 47.7 Å². The van der Waals surface area contributed by atoms with Crippen LogP contribution in [0, 0.1) is 0 Å². The van der Waals surface area contributed by atoms with Gasteiger partial charge in [0.05, 0.1) is 5.70 Å². The largest absolute Gasteiger partial charge is 0.355 e. The molecule has 0 aromatic heterocycles. The summed E-state index contributed by atoms with van der Waals surface area (Å²) in [6.07, 6.45) is 10.7. The molecule has 0 saturated heterocycles. The lowest BCUT2D eigenvalue weighted by atomic mass is 10.3. The third kappa shape index (κ3) is 2.77. The smallest absolute Gasteiger partial charge is 0.0896 e. The first kappa shape index (κ1) is 7.68. The maximum atomic E-state index is 3.08. The van der Waals surface area contributed by atoms with Gasteiger partial charge in [-0.3, -0.25) is 0 Å². The zero-order valence-electron chi connectivity index (χ0n) is 6.59. The third-order valence-electron chi connectivity index (χ3n) is 1.24. The van der Waals surface area contributed by atoms with E-state index in [0.717, 1.165) is 12.1 Å². The SMILES string of the molecule is CC/C=C/NC1=C=C=CC=C1. The highest BCUT2D eigenvalue weighted by Crippen LogP contribution is 1.93. The van der Waals surface area contributed by atoms with Gasteiger partial charge in [-0.05, 0) is 30.5 Å². The second-order valence-corrected chi connectivity index (χ2v) is 2.16. The van der Waals surface area contributed by atoms with Crippen LogP contribution in [0.25, 0.3) is 0 Å². The third-order valence-corrected chi connectivity index (χ3v) is 1.24. The van der Waals surface area contributed by atoms with Crippen LogP contribution in [0.3, 0.4) is 0 Å². The molecular weight excluding hydrogens is 134 g/mol. The quantitative estimate of drug-likeness (QED) is 0.601. The van der Waals surface area contributed by atoms with Crippen LogP contribution in [-0.2, 0) is 0 Å². The monoisotopic (exact) mass is 145 g/mol. The first-order valence-corrected chi connectivity index (χ1v) is 3.73. The average Bonchev–Trinajstić information content (AvgIpc) is 2.07. The molecule has 1 heteroatoms. The Balaban J connectivity index is 2.50. The Morgan fingerprint density at radius 1 is 1.64 bits per heavy atom. The first-order chi connectivity index (χ1) is 5.43. The molecule has 0 aliphatic heterocycles. The number of hydrogen-bond donors (Lipinski definition) is 1. The average molecular weight is 145 g/mol. The number of allylic oxidation sites excluding steroid dienone is 4. The number of nitrogens with one attached hydrogen (secondary N) is 1. The molecule has 1 N–H and O–H groups in total. The summed E-state index contributed by atoms with van der Waals surface area (Å²) < 4.78 is 0. The van der Waals surface area contributed by atoms with E-state index in [1.807, 2.05) is 24.4 Å². The standard InChI is InChI=1S/C10H11N/c1-2-3-9-11-10-7-5-4-6-8-10/h3-5,7,9,11H,2H2,1H3/b9-3+. The Morgan fingerprint density at radius 2 is 2.55 bits per heavy atom. The Labute approximate surface area is 67.1 Å². The molecular formula is C10H11N. The lowest BCUT2D eigenvalue weighted by molar-refractivity contribution is 1.08. The van der Waals surface area contributed by atoms with Crippen LogP contribution in [0.4, 0.5) is 0 Å². The van der Waals surface area contributed by atoms with E-state index in [-0.39, 0.29) is 0 Å². The molecule has 0 heterocycles. The van der Waals surface area contributed by atoms with Crippen LogP contribution >= 0.6 is 0 Å². The summed E-state index contributed by atoms with van der Waals surface area (Å²) in [4.78, 5) is 0. The van der Waals surface area contributed by atoms with Crippen molar-refractivity contribution >= 4 is 0 Å². The van der Waals surface area contributed by atoms with E-state index < -0.39 is 0 Å². The molecule has 1 aliphatic rings. The van der Waals surface area contributed by atoms with Crippen LogP contribution in [-0.4, -0.2) is 0 Å². The molecule has 0 fully saturated rings. The second kappa shape index (κ2) is 4.40. The summed E-state index contributed by atoms with van der Waals surface area (Å²) >= 11 is 0. The molecule has 0 radical (unpaired) electrons. The van der Waals surface area contributed by atoms with Crippen molar-refractivity contribution < 1.29 is 0 Å². The number of hydrogen-bond acceptors (Lipinski definition) is 1. The van der Waals surface area contributed by atoms with Gasteiger partial charge in [0.2, 0.25) is 0 Å². The van der Waals surface area contributed by atoms with Gasteiger partial charge in [-0.15, -0.1) is 0 Å². The van der Waals surface area contributed by atoms with Crippen molar-refractivity contribution in [3.05, 3.63) is 47.7 Å². The van der Waals surface area contributed by atoms with Crippen molar-refractivity contribution in [1.82, 2.24) is 5.32 Å².